The number of amides is 2. The minimum Gasteiger partial charge on any atom is -0.508 e. The van der Waals surface area contributed by atoms with E-state index in [-0.39, 0.29) is 29.6 Å². The molecule has 2 aliphatic heterocycles. The van der Waals surface area contributed by atoms with Crippen LogP contribution in [0.15, 0.2) is 24.3 Å². The summed E-state index contributed by atoms with van der Waals surface area (Å²) < 4.78 is 5.36. The van der Waals surface area contributed by atoms with Crippen LogP contribution in [0.5, 0.6) is 5.75 Å². The number of carbonyl (C=O) groups is 2. The Bertz CT molecular complexity index is 731. The van der Waals surface area contributed by atoms with E-state index >= 15 is 0 Å². The molecule has 1 aliphatic carbocycles. The maximum atomic E-state index is 12.7. The second-order valence-corrected chi connectivity index (χ2v) is 8.48. The number of phenols is 1. The maximum Gasteiger partial charge on any atom is 0.251 e. The average Bonchev–Trinajstić information content (AvgIpc) is 3.48. The molecule has 1 aromatic carbocycles. The normalized spacial score (nSPS) is 25.2. The van der Waals surface area contributed by atoms with Gasteiger partial charge in [0.05, 0.1) is 13.2 Å². The van der Waals surface area contributed by atoms with E-state index in [1.54, 1.807) is 18.2 Å². The molecule has 2 heterocycles. The first-order chi connectivity index (χ1) is 14.1. The second-order valence-electron chi connectivity index (χ2n) is 8.48. The minimum atomic E-state index is -0.167. The zero-order valence-corrected chi connectivity index (χ0v) is 16.9. The molecule has 0 spiro atoms. The Morgan fingerprint density at radius 2 is 1.86 bits per heavy atom. The van der Waals surface area contributed by atoms with Crippen molar-refractivity contribution in [2.45, 2.75) is 44.2 Å². The molecule has 0 unspecified atom stereocenters. The zero-order chi connectivity index (χ0) is 20.2. The van der Waals surface area contributed by atoms with E-state index < -0.39 is 0 Å². The van der Waals surface area contributed by atoms with Crippen LogP contribution in [0.2, 0.25) is 0 Å². The molecule has 3 aliphatic rings. The number of nitrogens with zero attached hydrogens (tertiary/aromatic N) is 2. The van der Waals surface area contributed by atoms with Gasteiger partial charge in [-0.15, -0.1) is 0 Å². The molecule has 7 heteroatoms. The van der Waals surface area contributed by atoms with E-state index in [4.69, 9.17) is 4.74 Å². The second kappa shape index (κ2) is 9.13. The lowest BCUT2D eigenvalue weighted by Crippen LogP contribution is -2.47. The molecular formula is C22H31N3O4. The molecule has 1 aromatic rings. The summed E-state index contributed by atoms with van der Waals surface area (Å²) >= 11 is 0. The first-order valence-corrected chi connectivity index (χ1v) is 10.8. The Kier molecular flexibility index (Phi) is 6.35. The van der Waals surface area contributed by atoms with Crippen molar-refractivity contribution in [3.05, 3.63) is 29.8 Å². The van der Waals surface area contributed by atoms with E-state index in [0.717, 1.165) is 25.3 Å². The summed E-state index contributed by atoms with van der Waals surface area (Å²) in [5.41, 5.74) is 0.468. The van der Waals surface area contributed by atoms with Crippen LogP contribution in [-0.2, 0) is 9.53 Å². The van der Waals surface area contributed by atoms with E-state index in [2.05, 4.69) is 10.2 Å². The van der Waals surface area contributed by atoms with Gasteiger partial charge in [-0.25, -0.2) is 0 Å². The first-order valence-electron chi connectivity index (χ1n) is 10.8. The van der Waals surface area contributed by atoms with Crippen LogP contribution >= 0.6 is 0 Å². The van der Waals surface area contributed by atoms with Crippen LogP contribution in [0.1, 0.15) is 42.5 Å². The number of nitrogens with one attached hydrogen (secondary N) is 1. The zero-order valence-electron chi connectivity index (χ0n) is 16.9. The van der Waals surface area contributed by atoms with Crippen LogP contribution < -0.4 is 5.32 Å². The Balaban J connectivity index is 1.34. The molecular weight excluding hydrogens is 370 g/mol. The van der Waals surface area contributed by atoms with E-state index in [1.165, 1.54) is 18.9 Å². The summed E-state index contributed by atoms with van der Waals surface area (Å²) in [4.78, 5) is 29.6. The Labute approximate surface area is 172 Å². The lowest BCUT2D eigenvalue weighted by Gasteiger charge is -2.33. The van der Waals surface area contributed by atoms with Crippen molar-refractivity contribution in [2.75, 3.05) is 39.4 Å². The summed E-state index contributed by atoms with van der Waals surface area (Å²) in [7, 11) is 0. The predicted molar refractivity (Wildman–Crippen MR) is 109 cm³/mol. The highest BCUT2D eigenvalue weighted by Gasteiger charge is 2.38. The molecule has 2 saturated heterocycles. The third kappa shape index (κ3) is 5.28. The van der Waals surface area contributed by atoms with E-state index in [0.29, 0.717) is 44.8 Å². The molecule has 2 N–H and O–H groups in total. The van der Waals surface area contributed by atoms with Crippen LogP contribution in [-0.4, -0.2) is 78.2 Å². The quantitative estimate of drug-likeness (QED) is 0.726. The fourth-order valence-electron chi connectivity index (χ4n) is 4.45. The fraction of sp³-hybridized carbons (Fsp3) is 0.636. The molecule has 7 nitrogen and oxygen atoms in total. The molecule has 3 fully saturated rings. The van der Waals surface area contributed by atoms with Crippen LogP contribution in [0, 0.1) is 5.92 Å². The monoisotopic (exact) mass is 401 g/mol. The summed E-state index contributed by atoms with van der Waals surface area (Å²) in [5, 5.41) is 12.6. The standard InChI is InChI=1S/C22H31N3O4/c26-20-3-1-2-17(12-20)22(28)23-14-19-7-6-18(25(19)15-16-4-5-16)13-21(27)24-8-10-29-11-9-24/h1-3,12,16,18-19,26H,4-11,13-15H2,(H,23,28)/t18-,19+/m1/s1. The van der Waals surface area contributed by atoms with Crippen molar-refractivity contribution < 1.29 is 19.4 Å². The maximum absolute atomic E-state index is 12.7. The van der Waals surface area contributed by atoms with Crippen molar-refractivity contribution in [1.82, 2.24) is 15.1 Å². The average molecular weight is 402 g/mol. The highest BCUT2D eigenvalue weighted by molar-refractivity contribution is 5.94. The third-order valence-electron chi connectivity index (χ3n) is 6.32. The lowest BCUT2D eigenvalue weighted by atomic mass is 10.1. The largest absolute Gasteiger partial charge is 0.508 e. The van der Waals surface area contributed by atoms with Gasteiger partial charge in [-0.3, -0.25) is 14.5 Å². The van der Waals surface area contributed by atoms with Gasteiger partial charge in [0.15, 0.2) is 0 Å². The predicted octanol–water partition coefficient (Wildman–Crippen LogP) is 1.61. The van der Waals surface area contributed by atoms with Crippen molar-refractivity contribution >= 4 is 11.8 Å². The summed E-state index contributed by atoms with van der Waals surface area (Å²) in [6.07, 6.45) is 5.08. The summed E-state index contributed by atoms with van der Waals surface area (Å²) in [5.74, 6) is 0.887. The number of likely N-dealkylation sites (tertiary alicyclic amines) is 1. The molecule has 0 bridgehead atoms. The fourth-order valence-corrected chi connectivity index (χ4v) is 4.45. The Hall–Kier alpha value is -2.12. The minimum absolute atomic E-state index is 0.0931. The van der Waals surface area contributed by atoms with Gasteiger partial charge in [-0.2, -0.15) is 0 Å². The lowest BCUT2D eigenvalue weighted by molar-refractivity contribution is -0.136. The number of ether oxygens (including phenoxy) is 1. The summed E-state index contributed by atoms with van der Waals surface area (Å²) in [6.45, 7) is 4.24. The van der Waals surface area contributed by atoms with Crippen LogP contribution in [0.25, 0.3) is 0 Å². The Morgan fingerprint density at radius 3 is 2.59 bits per heavy atom. The van der Waals surface area contributed by atoms with E-state index in [1.807, 2.05) is 4.90 Å². The van der Waals surface area contributed by atoms with Gasteiger partial charge in [0, 0.05) is 50.2 Å². The molecule has 1 saturated carbocycles. The van der Waals surface area contributed by atoms with Crippen molar-refractivity contribution in [3.8, 4) is 5.75 Å². The van der Waals surface area contributed by atoms with Crippen molar-refractivity contribution in [3.63, 3.8) is 0 Å². The smallest absolute Gasteiger partial charge is 0.251 e. The first kappa shape index (κ1) is 20.2. The van der Waals surface area contributed by atoms with Crippen LogP contribution in [0.4, 0.5) is 0 Å². The molecule has 4 rings (SSSR count). The number of hydrogen-bond acceptors (Lipinski definition) is 5. The molecule has 158 valence electrons. The van der Waals surface area contributed by atoms with Gasteiger partial charge < -0.3 is 20.1 Å². The highest BCUT2D eigenvalue weighted by atomic mass is 16.5. The van der Waals surface area contributed by atoms with Crippen molar-refractivity contribution in [1.29, 1.82) is 0 Å². The number of rotatable bonds is 7. The van der Waals surface area contributed by atoms with Crippen LogP contribution in [0.3, 0.4) is 0 Å². The third-order valence-corrected chi connectivity index (χ3v) is 6.32. The van der Waals surface area contributed by atoms with Gasteiger partial charge >= 0.3 is 0 Å². The number of benzene rings is 1. The molecule has 2 amide bonds. The van der Waals surface area contributed by atoms with Crippen molar-refractivity contribution in [2.24, 2.45) is 5.92 Å². The number of carbonyl (C=O) groups excluding carboxylic acids is 2. The number of aromatic hydroxyl groups is 1. The van der Waals surface area contributed by atoms with E-state index in [9.17, 15) is 14.7 Å². The Morgan fingerprint density at radius 1 is 1.10 bits per heavy atom. The molecule has 29 heavy (non-hydrogen) atoms. The number of morpholine rings is 1. The van der Waals surface area contributed by atoms with Gasteiger partial charge in [0.2, 0.25) is 5.91 Å². The molecule has 0 aromatic heterocycles. The number of phenolic OH excluding ortho intramolecular Hbond substituents is 1. The van der Waals surface area contributed by atoms with Gasteiger partial charge in [-0.05, 0) is 49.8 Å². The number of hydrogen-bond donors (Lipinski definition) is 2. The highest BCUT2D eigenvalue weighted by Crippen LogP contribution is 2.35. The van der Waals surface area contributed by atoms with Gasteiger partial charge in [0.1, 0.15) is 5.75 Å². The van der Waals surface area contributed by atoms with Gasteiger partial charge in [0.25, 0.3) is 5.91 Å². The van der Waals surface area contributed by atoms with Gasteiger partial charge in [-0.1, -0.05) is 6.07 Å². The SMILES string of the molecule is O=C(NC[C@@H]1CC[C@H](CC(=O)N2CCOCC2)N1CC1CC1)c1cccc(O)c1. The molecule has 2 atom stereocenters. The summed E-state index contributed by atoms with van der Waals surface area (Å²) in [6, 6.07) is 6.94. The topological polar surface area (TPSA) is 82.1 Å². The molecule has 0 radical (unpaired) electrons.